The topological polar surface area (TPSA) is 116 Å². The normalized spacial score (nSPS) is 10.4. The number of rotatable bonds is 6. The molecule has 0 saturated heterocycles. The standard InChI is InChI=1S/C12H15N5O3/c1-20-10-5-4-8(7-9(10)13)12-14-15-16-17(12)6-2-3-11(18)19/h4-5,7H,2-3,6,13H2,1H3,(H,18,19). The van der Waals surface area contributed by atoms with Crippen molar-refractivity contribution >= 4 is 11.7 Å². The number of carboxylic acid groups (broad SMARTS) is 1. The number of methoxy groups -OCH3 is 1. The number of aryl methyl sites for hydroxylation is 1. The molecule has 3 N–H and O–H groups in total. The Morgan fingerprint density at radius 3 is 2.95 bits per heavy atom. The molecule has 2 aromatic rings. The van der Waals surface area contributed by atoms with Crippen molar-refractivity contribution in [1.82, 2.24) is 20.2 Å². The fourth-order valence-electron chi connectivity index (χ4n) is 1.82. The molecule has 20 heavy (non-hydrogen) atoms. The van der Waals surface area contributed by atoms with E-state index < -0.39 is 5.97 Å². The Labute approximate surface area is 115 Å². The van der Waals surface area contributed by atoms with Crippen LogP contribution in [0.2, 0.25) is 0 Å². The number of nitrogen functional groups attached to an aromatic ring is 1. The van der Waals surface area contributed by atoms with Gasteiger partial charge in [0, 0.05) is 18.5 Å². The number of carboxylic acids is 1. The maximum absolute atomic E-state index is 10.5. The van der Waals surface area contributed by atoms with E-state index >= 15 is 0 Å². The zero-order valence-corrected chi connectivity index (χ0v) is 11.0. The van der Waals surface area contributed by atoms with Crippen LogP contribution in [0.1, 0.15) is 12.8 Å². The minimum absolute atomic E-state index is 0.0735. The van der Waals surface area contributed by atoms with Crippen molar-refractivity contribution in [3.63, 3.8) is 0 Å². The maximum atomic E-state index is 10.5. The minimum atomic E-state index is -0.840. The number of nitrogens with zero attached hydrogens (tertiary/aromatic N) is 4. The quantitative estimate of drug-likeness (QED) is 0.750. The Kier molecular flexibility index (Phi) is 4.14. The van der Waals surface area contributed by atoms with Crippen LogP contribution < -0.4 is 10.5 Å². The summed E-state index contributed by atoms with van der Waals surface area (Å²) in [5.74, 6) is 0.289. The first-order valence-electron chi connectivity index (χ1n) is 6.03. The first-order chi connectivity index (χ1) is 9.61. The molecule has 106 valence electrons. The van der Waals surface area contributed by atoms with E-state index in [-0.39, 0.29) is 6.42 Å². The van der Waals surface area contributed by atoms with Crippen LogP contribution >= 0.6 is 0 Å². The molecule has 0 unspecified atom stereocenters. The minimum Gasteiger partial charge on any atom is -0.495 e. The third-order valence-corrected chi connectivity index (χ3v) is 2.78. The van der Waals surface area contributed by atoms with Crippen LogP contribution in [0, 0.1) is 0 Å². The van der Waals surface area contributed by atoms with Gasteiger partial charge in [-0.2, -0.15) is 0 Å². The molecule has 0 amide bonds. The van der Waals surface area contributed by atoms with Crippen molar-refractivity contribution in [2.45, 2.75) is 19.4 Å². The molecule has 1 aromatic carbocycles. The van der Waals surface area contributed by atoms with E-state index in [1.54, 1.807) is 30.0 Å². The van der Waals surface area contributed by atoms with Crippen molar-refractivity contribution in [2.75, 3.05) is 12.8 Å². The zero-order chi connectivity index (χ0) is 14.5. The van der Waals surface area contributed by atoms with Crippen molar-refractivity contribution in [1.29, 1.82) is 0 Å². The smallest absolute Gasteiger partial charge is 0.303 e. The van der Waals surface area contributed by atoms with E-state index in [9.17, 15) is 4.79 Å². The van der Waals surface area contributed by atoms with Crippen molar-refractivity contribution in [3.05, 3.63) is 18.2 Å². The molecular formula is C12H15N5O3. The molecule has 1 aromatic heterocycles. The summed E-state index contributed by atoms with van der Waals surface area (Å²) in [6.07, 6.45) is 0.531. The summed E-state index contributed by atoms with van der Waals surface area (Å²) in [7, 11) is 1.54. The SMILES string of the molecule is COc1ccc(-c2nnnn2CCCC(=O)O)cc1N. The second-order valence-electron chi connectivity index (χ2n) is 4.18. The number of nitrogens with two attached hydrogens (primary N) is 1. The molecule has 0 spiro atoms. The Morgan fingerprint density at radius 1 is 1.50 bits per heavy atom. The van der Waals surface area contributed by atoms with Gasteiger partial charge in [0.2, 0.25) is 0 Å². The van der Waals surface area contributed by atoms with Gasteiger partial charge in [0.25, 0.3) is 0 Å². The predicted octanol–water partition coefficient (Wildman–Crippen LogP) is 0.796. The highest BCUT2D eigenvalue weighted by Crippen LogP contribution is 2.26. The van der Waals surface area contributed by atoms with Crippen LogP contribution in [0.25, 0.3) is 11.4 Å². The van der Waals surface area contributed by atoms with Crippen LogP contribution in [-0.2, 0) is 11.3 Å². The van der Waals surface area contributed by atoms with Crippen LogP contribution in [-0.4, -0.2) is 38.4 Å². The molecular weight excluding hydrogens is 262 g/mol. The largest absolute Gasteiger partial charge is 0.495 e. The average Bonchev–Trinajstić information content (AvgIpc) is 2.86. The van der Waals surface area contributed by atoms with Gasteiger partial charge in [-0.15, -0.1) is 5.10 Å². The van der Waals surface area contributed by atoms with E-state index in [0.717, 1.165) is 5.56 Å². The molecule has 8 nitrogen and oxygen atoms in total. The summed E-state index contributed by atoms with van der Waals surface area (Å²) in [6.45, 7) is 0.431. The second kappa shape index (κ2) is 6.00. The molecule has 0 fully saturated rings. The van der Waals surface area contributed by atoms with Crippen molar-refractivity contribution < 1.29 is 14.6 Å². The lowest BCUT2D eigenvalue weighted by Crippen LogP contribution is -2.06. The van der Waals surface area contributed by atoms with Gasteiger partial charge in [-0.1, -0.05) is 0 Å². The van der Waals surface area contributed by atoms with Gasteiger partial charge in [0.1, 0.15) is 5.75 Å². The van der Waals surface area contributed by atoms with Gasteiger partial charge in [0.05, 0.1) is 12.8 Å². The van der Waals surface area contributed by atoms with Crippen molar-refractivity contribution in [2.24, 2.45) is 0 Å². The summed E-state index contributed by atoms with van der Waals surface area (Å²) in [6, 6.07) is 5.26. The molecule has 8 heteroatoms. The lowest BCUT2D eigenvalue weighted by atomic mass is 10.1. The van der Waals surface area contributed by atoms with E-state index in [4.69, 9.17) is 15.6 Å². The lowest BCUT2D eigenvalue weighted by Gasteiger charge is -2.07. The zero-order valence-electron chi connectivity index (χ0n) is 11.0. The highest BCUT2D eigenvalue weighted by molar-refractivity contribution is 5.67. The average molecular weight is 277 g/mol. The number of aliphatic carboxylic acids is 1. The number of ether oxygens (including phenoxy) is 1. The van der Waals surface area contributed by atoms with E-state index in [0.29, 0.717) is 30.2 Å². The van der Waals surface area contributed by atoms with Crippen LogP contribution in [0.3, 0.4) is 0 Å². The summed E-state index contributed by atoms with van der Waals surface area (Å²) in [4.78, 5) is 10.5. The summed E-state index contributed by atoms with van der Waals surface area (Å²) >= 11 is 0. The van der Waals surface area contributed by atoms with Gasteiger partial charge in [-0.05, 0) is 35.0 Å². The molecule has 1 heterocycles. The molecule has 0 aliphatic heterocycles. The number of hydrogen-bond acceptors (Lipinski definition) is 6. The van der Waals surface area contributed by atoms with Gasteiger partial charge < -0.3 is 15.6 Å². The first kappa shape index (κ1) is 13.8. The van der Waals surface area contributed by atoms with E-state index in [2.05, 4.69) is 15.5 Å². The lowest BCUT2D eigenvalue weighted by molar-refractivity contribution is -0.137. The molecule has 2 rings (SSSR count). The highest BCUT2D eigenvalue weighted by Gasteiger charge is 2.11. The van der Waals surface area contributed by atoms with E-state index in [1.807, 2.05) is 0 Å². The van der Waals surface area contributed by atoms with Crippen LogP contribution in [0.4, 0.5) is 5.69 Å². The molecule has 0 atom stereocenters. The molecule has 0 bridgehead atoms. The van der Waals surface area contributed by atoms with E-state index in [1.165, 1.54) is 0 Å². The number of hydrogen-bond donors (Lipinski definition) is 2. The van der Waals surface area contributed by atoms with Crippen molar-refractivity contribution in [3.8, 4) is 17.1 Å². The molecule has 0 radical (unpaired) electrons. The number of aromatic nitrogens is 4. The monoisotopic (exact) mass is 277 g/mol. The number of carbonyl (C=O) groups is 1. The number of benzene rings is 1. The third kappa shape index (κ3) is 3.02. The number of tetrazole rings is 1. The third-order valence-electron chi connectivity index (χ3n) is 2.78. The Bertz CT molecular complexity index is 611. The fraction of sp³-hybridized carbons (Fsp3) is 0.333. The molecule has 0 aliphatic rings. The molecule has 0 saturated carbocycles. The number of anilines is 1. The second-order valence-corrected chi connectivity index (χ2v) is 4.18. The van der Waals surface area contributed by atoms with Crippen LogP contribution in [0.15, 0.2) is 18.2 Å². The Morgan fingerprint density at radius 2 is 2.30 bits per heavy atom. The van der Waals surface area contributed by atoms with Crippen LogP contribution in [0.5, 0.6) is 5.75 Å². The van der Waals surface area contributed by atoms with Gasteiger partial charge >= 0.3 is 5.97 Å². The summed E-state index contributed by atoms with van der Waals surface area (Å²) in [5.41, 5.74) is 7.09. The highest BCUT2D eigenvalue weighted by atomic mass is 16.5. The fourth-order valence-corrected chi connectivity index (χ4v) is 1.82. The van der Waals surface area contributed by atoms with Gasteiger partial charge in [0.15, 0.2) is 5.82 Å². The molecule has 0 aliphatic carbocycles. The maximum Gasteiger partial charge on any atom is 0.303 e. The predicted molar refractivity (Wildman–Crippen MR) is 71.1 cm³/mol. The Balaban J connectivity index is 2.19. The first-order valence-corrected chi connectivity index (χ1v) is 6.03. The summed E-state index contributed by atoms with van der Waals surface area (Å²) < 4.78 is 6.65. The summed E-state index contributed by atoms with van der Waals surface area (Å²) in [5, 5.41) is 20.0. The van der Waals surface area contributed by atoms with Gasteiger partial charge in [-0.3, -0.25) is 4.79 Å². The van der Waals surface area contributed by atoms with Gasteiger partial charge in [-0.25, -0.2) is 4.68 Å². The Hall–Kier alpha value is -2.64.